The Morgan fingerprint density at radius 3 is 2.76 bits per heavy atom. The molecule has 1 aromatic heterocycles. The van der Waals surface area contributed by atoms with Gasteiger partial charge in [0.15, 0.2) is 0 Å². The molecule has 1 aromatic carbocycles. The lowest BCUT2D eigenvalue weighted by Gasteiger charge is -2.18. The van der Waals surface area contributed by atoms with E-state index in [2.05, 4.69) is 9.88 Å². The van der Waals surface area contributed by atoms with Gasteiger partial charge in [0, 0.05) is 24.8 Å². The maximum absolute atomic E-state index is 10.9. The Labute approximate surface area is 123 Å². The molecule has 0 unspecified atom stereocenters. The first-order chi connectivity index (χ1) is 10.1. The number of methoxy groups -OCH3 is 1. The molecule has 1 heterocycles. The molecular weight excluding hydrogens is 268 g/mol. The predicted octanol–water partition coefficient (Wildman–Crippen LogP) is 2.42. The Hall–Kier alpha value is -2.40. The standard InChI is InChI=1S/C16H18N2O3/c1-18(11-13-5-3-4-6-15(13)21-2)10-12-7-8-17-14(9-12)16(19)20/h3-9H,10-11H2,1-2H3,(H,19,20). The Morgan fingerprint density at radius 1 is 1.29 bits per heavy atom. The zero-order chi connectivity index (χ0) is 15.2. The van der Waals surface area contributed by atoms with Crippen LogP contribution in [-0.2, 0) is 13.1 Å². The number of hydrogen-bond donors (Lipinski definition) is 1. The Morgan fingerprint density at radius 2 is 2.05 bits per heavy atom. The van der Waals surface area contributed by atoms with Gasteiger partial charge in [-0.05, 0) is 30.8 Å². The van der Waals surface area contributed by atoms with Crippen molar-refractivity contribution >= 4 is 5.97 Å². The summed E-state index contributed by atoms with van der Waals surface area (Å²) < 4.78 is 5.33. The van der Waals surface area contributed by atoms with Gasteiger partial charge in [0.2, 0.25) is 0 Å². The molecular formula is C16H18N2O3. The SMILES string of the molecule is COc1ccccc1CN(C)Cc1ccnc(C(=O)O)c1. The van der Waals surface area contributed by atoms with E-state index in [-0.39, 0.29) is 5.69 Å². The van der Waals surface area contributed by atoms with E-state index >= 15 is 0 Å². The molecule has 21 heavy (non-hydrogen) atoms. The quantitative estimate of drug-likeness (QED) is 0.883. The first kappa shape index (κ1) is 15.0. The number of ether oxygens (including phenoxy) is 1. The van der Waals surface area contributed by atoms with Crippen LogP contribution in [0.4, 0.5) is 0 Å². The number of pyridine rings is 1. The molecule has 0 amide bonds. The van der Waals surface area contributed by atoms with Crippen molar-refractivity contribution in [3.05, 3.63) is 59.4 Å². The second kappa shape index (κ2) is 6.85. The zero-order valence-electron chi connectivity index (χ0n) is 12.1. The third-order valence-electron chi connectivity index (χ3n) is 3.13. The zero-order valence-corrected chi connectivity index (χ0v) is 12.1. The summed E-state index contributed by atoms with van der Waals surface area (Å²) in [7, 11) is 3.63. The molecule has 1 N–H and O–H groups in total. The highest BCUT2D eigenvalue weighted by Gasteiger charge is 2.09. The minimum Gasteiger partial charge on any atom is -0.496 e. The molecule has 0 bridgehead atoms. The van der Waals surface area contributed by atoms with Crippen molar-refractivity contribution in [3.8, 4) is 5.75 Å². The molecule has 2 aromatic rings. The van der Waals surface area contributed by atoms with E-state index in [9.17, 15) is 4.79 Å². The van der Waals surface area contributed by atoms with Crippen molar-refractivity contribution in [2.24, 2.45) is 0 Å². The minimum absolute atomic E-state index is 0.0678. The average Bonchev–Trinajstić information content (AvgIpc) is 2.48. The number of nitrogens with zero attached hydrogens (tertiary/aromatic N) is 2. The number of rotatable bonds is 6. The van der Waals surface area contributed by atoms with Gasteiger partial charge in [0.1, 0.15) is 11.4 Å². The van der Waals surface area contributed by atoms with E-state index in [0.29, 0.717) is 6.54 Å². The molecule has 5 heteroatoms. The van der Waals surface area contributed by atoms with Gasteiger partial charge >= 0.3 is 5.97 Å². The van der Waals surface area contributed by atoms with Gasteiger partial charge in [-0.25, -0.2) is 9.78 Å². The Bertz CT molecular complexity index is 628. The maximum atomic E-state index is 10.9. The van der Waals surface area contributed by atoms with Crippen molar-refractivity contribution in [1.29, 1.82) is 0 Å². The molecule has 2 rings (SSSR count). The normalized spacial score (nSPS) is 10.6. The summed E-state index contributed by atoms with van der Waals surface area (Å²) in [6.07, 6.45) is 1.52. The molecule has 0 saturated carbocycles. The number of hydrogen-bond acceptors (Lipinski definition) is 4. The summed E-state index contributed by atoms with van der Waals surface area (Å²) in [5.74, 6) is -0.158. The summed E-state index contributed by atoms with van der Waals surface area (Å²) in [4.78, 5) is 16.8. The Balaban J connectivity index is 2.06. The average molecular weight is 286 g/mol. The molecule has 0 spiro atoms. The number of carbonyl (C=O) groups is 1. The first-order valence-electron chi connectivity index (χ1n) is 6.59. The van der Waals surface area contributed by atoms with Crippen LogP contribution in [0.3, 0.4) is 0 Å². The molecule has 0 aliphatic rings. The van der Waals surface area contributed by atoms with Crippen molar-refractivity contribution in [1.82, 2.24) is 9.88 Å². The van der Waals surface area contributed by atoms with Crippen LogP contribution >= 0.6 is 0 Å². The highest BCUT2D eigenvalue weighted by atomic mass is 16.5. The van der Waals surface area contributed by atoms with E-state index in [1.807, 2.05) is 37.4 Å². The molecule has 0 aliphatic carbocycles. The van der Waals surface area contributed by atoms with Crippen LogP contribution in [0.15, 0.2) is 42.6 Å². The highest BCUT2D eigenvalue weighted by Crippen LogP contribution is 2.19. The number of para-hydroxylation sites is 1. The summed E-state index contributed by atoms with van der Waals surface area (Å²) in [5, 5.41) is 8.95. The van der Waals surface area contributed by atoms with Crippen LogP contribution < -0.4 is 4.74 Å². The van der Waals surface area contributed by atoms with Gasteiger partial charge in [0.25, 0.3) is 0 Å². The van der Waals surface area contributed by atoms with Gasteiger partial charge in [-0.2, -0.15) is 0 Å². The van der Waals surface area contributed by atoms with Crippen LogP contribution in [0, 0.1) is 0 Å². The second-order valence-electron chi connectivity index (χ2n) is 4.84. The molecule has 0 saturated heterocycles. The maximum Gasteiger partial charge on any atom is 0.354 e. The minimum atomic E-state index is -1.01. The fourth-order valence-corrected chi connectivity index (χ4v) is 2.18. The van der Waals surface area contributed by atoms with E-state index in [1.54, 1.807) is 13.2 Å². The van der Waals surface area contributed by atoms with Gasteiger partial charge < -0.3 is 9.84 Å². The van der Waals surface area contributed by atoms with E-state index in [4.69, 9.17) is 9.84 Å². The van der Waals surface area contributed by atoms with Crippen LogP contribution in [0.25, 0.3) is 0 Å². The van der Waals surface area contributed by atoms with E-state index < -0.39 is 5.97 Å². The molecule has 0 aliphatic heterocycles. The summed E-state index contributed by atoms with van der Waals surface area (Å²) in [6, 6.07) is 11.3. The number of benzene rings is 1. The van der Waals surface area contributed by atoms with Crippen molar-refractivity contribution in [2.75, 3.05) is 14.2 Å². The first-order valence-corrected chi connectivity index (χ1v) is 6.59. The predicted molar refractivity (Wildman–Crippen MR) is 79.4 cm³/mol. The van der Waals surface area contributed by atoms with Crippen molar-refractivity contribution < 1.29 is 14.6 Å². The van der Waals surface area contributed by atoms with E-state index in [0.717, 1.165) is 23.4 Å². The topological polar surface area (TPSA) is 62.7 Å². The summed E-state index contributed by atoms with van der Waals surface area (Å²) in [6.45, 7) is 1.36. The molecule has 0 atom stereocenters. The van der Waals surface area contributed by atoms with Gasteiger partial charge in [0.05, 0.1) is 7.11 Å². The lowest BCUT2D eigenvalue weighted by molar-refractivity contribution is 0.0690. The Kier molecular flexibility index (Phi) is 4.90. The lowest BCUT2D eigenvalue weighted by atomic mass is 10.1. The third-order valence-corrected chi connectivity index (χ3v) is 3.13. The third kappa shape index (κ3) is 4.03. The van der Waals surface area contributed by atoms with Gasteiger partial charge in [-0.1, -0.05) is 18.2 Å². The molecule has 110 valence electrons. The van der Waals surface area contributed by atoms with Gasteiger partial charge in [-0.3, -0.25) is 4.90 Å². The van der Waals surface area contributed by atoms with Crippen LogP contribution in [0.2, 0.25) is 0 Å². The fraction of sp³-hybridized carbons (Fsp3) is 0.250. The van der Waals surface area contributed by atoms with Crippen LogP contribution in [0.5, 0.6) is 5.75 Å². The summed E-state index contributed by atoms with van der Waals surface area (Å²) in [5.41, 5.74) is 2.08. The van der Waals surface area contributed by atoms with Crippen molar-refractivity contribution in [3.63, 3.8) is 0 Å². The fourth-order valence-electron chi connectivity index (χ4n) is 2.18. The molecule has 0 radical (unpaired) electrons. The second-order valence-corrected chi connectivity index (χ2v) is 4.84. The monoisotopic (exact) mass is 286 g/mol. The largest absolute Gasteiger partial charge is 0.496 e. The summed E-state index contributed by atoms with van der Waals surface area (Å²) >= 11 is 0. The van der Waals surface area contributed by atoms with E-state index in [1.165, 1.54) is 6.20 Å². The lowest BCUT2D eigenvalue weighted by Crippen LogP contribution is -2.18. The van der Waals surface area contributed by atoms with Crippen LogP contribution in [-0.4, -0.2) is 35.1 Å². The number of carboxylic acids is 1. The molecule has 5 nitrogen and oxygen atoms in total. The number of carboxylic acid groups (broad SMARTS) is 1. The van der Waals surface area contributed by atoms with Crippen molar-refractivity contribution in [2.45, 2.75) is 13.1 Å². The number of aromatic nitrogens is 1. The van der Waals surface area contributed by atoms with Crippen LogP contribution in [0.1, 0.15) is 21.6 Å². The number of aromatic carboxylic acids is 1. The van der Waals surface area contributed by atoms with Gasteiger partial charge in [-0.15, -0.1) is 0 Å². The smallest absolute Gasteiger partial charge is 0.354 e. The highest BCUT2D eigenvalue weighted by molar-refractivity contribution is 5.85. The molecule has 0 fully saturated rings.